The summed E-state index contributed by atoms with van der Waals surface area (Å²) in [6, 6.07) is 9.25. The SMILES string of the molecule is O=C(Nc1cc(O)c(N=Nc2ccccc2[N+](=O)[O-])cc1C1=CCCC1)C1CCCCC1. The third kappa shape index (κ3) is 4.85. The molecule has 0 saturated heterocycles. The van der Waals surface area contributed by atoms with Crippen molar-refractivity contribution in [2.45, 2.75) is 51.4 Å². The highest BCUT2D eigenvalue weighted by atomic mass is 16.6. The minimum atomic E-state index is -0.521. The third-order valence-corrected chi connectivity index (χ3v) is 6.08. The van der Waals surface area contributed by atoms with E-state index in [0.29, 0.717) is 5.69 Å². The molecule has 0 bridgehead atoms. The monoisotopic (exact) mass is 434 g/mol. The van der Waals surface area contributed by atoms with Gasteiger partial charge in [-0.05, 0) is 49.8 Å². The van der Waals surface area contributed by atoms with Crippen LogP contribution in [0.25, 0.3) is 5.57 Å². The van der Waals surface area contributed by atoms with Crippen LogP contribution in [0.15, 0.2) is 52.7 Å². The molecule has 0 aliphatic heterocycles. The summed E-state index contributed by atoms with van der Waals surface area (Å²) in [7, 11) is 0. The maximum atomic E-state index is 12.8. The number of nitro benzene ring substituents is 1. The molecule has 4 rings (SSSR count). The predicted molar refractivity (Wildman–Crippen MR) is 122 cm³/mol. The lowest BCUT2D eigenvalue weighted by molar-refractivity contribution is -0.384. The van der Waals surface area contributed by atoms with E-state index in [1.165, 1.54) is 24.6 Å². The van der Waals surface area contributed by atoms with Gasteiger partial charge in [-0.15, -0.1) is 10.2 Å². The average molecular weight is 434 g/mol. The van der Waals surface area contributed by atoms with E-state index in [2.05, 4.69) is 21.6 Å². The lowest BCUT2D eigenvalue weighted by Crippen LogP contribution is -2.25. The molecule has 0 radical (unpaired) electrons. The first kappa shape index (κ1) is 21.7. The molecule has 2 aliphatic carbocycles. The Hall–Kier alpha value is -3.55. The van der Waals surface area contributed by atoms with E-state index in [9.17, 15) is 20.0 Å². The smallest absolute Gasteiger partial charge is 0.296 e. The summed E-state index contributed by atoms with van der Waals surface area (Å²) in [5.41, 5.74) is 2.60. The van der Waals surface area contributed by atoms with Crippen molar-refractivity contribution >= 4 is 34.2 Å². The zero-order chi connectivity index (χ0) is 22.5. The van der Waals surface area contributed by atoms with E-state index in [4.69, 9.17) is 0 Å². The molecule has 0 aromatic heterocycles. The quantitative estimate of drug-likeness (QED) is 0.295. The van der Waals surface area contributed by atoms with E-state index in [-0.39, 0.29) is 34.6 Å². The van der Waals surface area contributed by atoms with E-state index < -0.39 is 4.92 Å². The number of hydrogen-bond donors (Lipinski definition) is 2. The predicted octanol–water partition coefficient (Wildman–Crippen LogP) is 6.80. The standard InChI is InChI=1S/C24H26N4O4/c29-23-15-20(25-24(30)17-10-2-1-3-11-17)18(16-8-4-5-9-16)14-21(23)27-26-19-12-6-7-13-22(19)28(31)32/h6-8,12-15,17,29H,1-5,9-11H2,(H,25,30). The second-order valence-corrected chi connectivity index (χ2v) is 8.28. The highest BCUT2D eigenvalue weighted by molar-refractivity contribution is 5.97. The second kappa shape index (κ2) is 9.72. The van der Waals surface area contributed by atoms with Crippen LogP contribution in [0, 0.1) is 16.0 Å². The summed E-state index contributed by atoms with van der Waals surface area (Å²) >= 11 is 0. The molecule has 0 atom stereocenters. The van der Waals surface area contributed by atoms with Gasteiger partial charge in [0.05, 0.1) is 10.6 Å². The van der Waals surface area contributed by atoms with Crippen molar-refractivity contribution in [2.24, 2.45) is 16.1 Å². The number of carbonyl (C=O) groups excluding carboxylic acids is 1. The van der Waals surface area contributed by atoms with Gasteiger partial charge in [0.1, 0.15) is 11.4 Å². The van der Waals surface area contributed by atoms with Gasteiger partial charge in [0.2, 0.25) is 5.91 Å². The molecule has 2 aromatic rings. The third-order valence-electron chi connectivity index (χ3n) is 6.08. The van der Waals surface area contributed by atoms with Gasteiger partial charge in [-0.2, -0.15) is 0 Å². The number of para-hydroxylation sites is 1. The average Bonchev–Trinajstić information content (AvgIpc) is 3.34. The molecule has 0 unspecified atom stereocenters. The molecule has 2 aliphatic rings. The summed E-state index contributed by atoms with van der Waals surface area (Å²) in [5.74, 6) is -0.166. The summed E-state index contributed by atoms with van der Waals surface area (Å²) < 4.78 is 0. The Bertz CT molecular complexity index is 1090. The van der Waals surface area contributed by atoms with Gasteiger partial charge < -0.3 is 10.4 Å². The maximum absolute atomic E-state index is 12.8. The van der Waals surface area contributed by atoms with Crippen LogP contribution < -0.4 is 5.32 Å². The zero-order valence-electron chi connectivity index (χ0n) is 17.8. The van der Waals surface area contributed by atoms with Crippen molar-refractivity contribution in [3.8, 4) is 5.75 Å². The molecular weight excluding hydrogens is 408 g/mol. The molecule has 8 heteroatoms. The number of nitrogens with one attached hydrogen (secondary N) is 1. The molecule has 2 aromatic carbocycles. The topological polar surface area (TPSA) is 117 Å². The fourth-order valence-corrected chi connectivity index (χ4v) is 4.35. The number of benzene rings is 2. The Morgan fingerprint density at radius 1 is 1.06 bits per heavy atom. The van der Waals surface area contributed by atoms with Crippen LogP contribution in [0.5, 0.6) is 5.75 Å². The first-order valence-electron chi connectivity index (χ1n) is 11.1. The zero-order valence-corrected chi connectivity index (χ0v) is 17.8. The molecule has 0 spiro atoms. The summed E-state index contributed by atoms with van der Waals surface area (Å²) in [6.45, 7) is 0. The maximum Gasteiger partial charge on any atom is 0.296 e. The normalized spacial score (nSPS) is 16.8. The molecule has 2 N–H and O–H groups in total. The number of phenolic OH excluding ortho intramolecular Hbond substituents is 1. The molecule has 1 amide bonds. The Kier molecular flexibility index (Phi) is 6.58. The van der Waals surface area contributed by atoms with Gasteiger partial charge in [-0.25, -0.2) is 0 Å². The number of aromatic hydroxyl groups is 1. The number of allylic oxidation sites excluding steroid dienone is 2. The van der Waals surface area contributed by atoms with Crippen molar-refractivity contribution < 1.29 is 14.8 Å². The Labute approximate surface area is 186 Å². The number of nitrogens with zero attached hydrogens (tertiary/aromatic N) is 3. The first-order chi connectivity index (χ1) is 15.5. The molecule has 32 heavy (non-hydrogen) atoms. The van der Waals surface area contributed by atoms with Gasteiger partial charge in [0.25, 0.3) is 5.69 Å². The van der Waals surface area contributed by atoms with Crippen LogP contribution in [-0.2, 0) is 4.79 Å². The van der Waals surface area contributed by atoms with Gasteiger partial charge in [0.15, 0.2) is 5.69 Å². The van der Waals surface area contributed by atoms with Crippen molar-refractivity contribution in [3.05, 3.63) is 58.2 Å². The van der Waals surface area contributed by atoms with Gasteiger partial charge in [-0.1, -0.05) is 37.5 Å². The summed E-state index contributed by atoms with van der Waals surface area (Å²) in [6.07, 6.45) is 10.1. The number of hydrogen-bond acceptors (Lipinski definition) is 6. The van der Waals surface area contributed by atoms with Gasteiger partial charge >= 0.3 is 0 Å². The summed E-state index contributed by atoms with van der Waals surface area (Å²) in [5, 5.41) is 32.9. The van der Waals surface area contributed by atoms with Crippen LogP contribution in [-0.4, -0.2) is 15.9 Å². The highest BCUT2D eigenvalue weighted by Gasteiger charge is 2.23. The van der Waals surface area contributed by atoms with Crippen molar-refractivity contribution in [3.63, 3.8) is 0 Å². The van der Waals surface area contributed by atoms with Gasteiger partial charge in [-0.3, -0.25) is 14.9 Å². The Balaban J connectivity index is 1.65. The molecule has 1 saturated carbocycles. The lowest BCUT2D eigenvalue weighted by atomic mass is 9.88. The number of carbonyl (C=O) groups is 1. The fraction of sp³-hybridized carbons (Fsp3) is 0.375. The van der Waals surface area contributed by atoms with Crippen LogP contribution >= 0.6 is 0 Å². The first-order valence-corrected chi connectivity index (χ1v) is 11.1. The number of amides is 1. The van der Waals surface area contributed by atoms with Crippen molar-refractivity contribution in [1.29, 1.82) is 0 Å². The number of anilines is 1. The van der Waals surface area contributed by atoms with E-state index in [0.717, 1.165) is 56.1 Å². The minimum Gasteiger partial charge on any atom is -0.506 e. The van der Waals surface area contributed by atoms with Crippen LogP contribution in [0.1, 0.15) is 56.9 Å². The highest BCUT2D eigenvalue weighted by Crippen LogP contribution is 2.41. The van der Waals surface area contributed by atoms with Gasteiger partial charge in [0, 0.05) is 23.6 Å². The number of nitro groups is 1. The van der Waals surface area contributed by atoms with E-state index >= 15 is 0 Å². The van der Waals surface area contributed by atoms with Crippen molar-refractivity contribution in [2.75, 3.05) is 5.32 Å². The van der Waals surface area contributed by atoms with Crippen LogP contribution in [0.2, 0.25) is 0 Å². The van der Waals surface area contributed by atoms with Crippen molar-refractivity contribution in [1.82, 2.24) is 0 Å². The van der Waals surface area contributed by atoms with Crippen LogP contribution in [0.4, 0.5) is 22.7 Å². The Morgan fingerprint density at radius 3 is 2.53 bits per heavy atom. The molecular formula is C24H26N4O4. The second-order valence-electron chi connectivity index (χ2n) is 8.28. The Morgan fingerprint density at radius 2 is 1.81 bits per heavy atom. The molecule has 8 nitrogen and oxygen atoms in total. The molecule has 166 valence electrons. The lowest BCUT2D eigenvalue weighted by Gasteiger charge is -2.22. The van der Waals surface area contributed by atoms with E-state index in [1.54, 1.807) is 18.2 Å². The molecule has 1 fully saturated rings. The fourth-order valence-electron chi connectivity index (χ4n) is 4.35. The minimum absolute atomic E-state index is 0.00528. The largest absolute Gasteiger partial charge is 0.506 e. The number of phenols is 1. The number of azo groups is 1. The number of rotatable bonds is 6. The van der Waals surface area contributed by atoms with E-state index in [1.807, 2.05) is 0 Å². The molecule has 0 heterocycles. The van der Waals surface area contributed by atoms with Crippen LogP contribution in [0.3, 0.4) is 0 Å². The summed E-state index contributed by atoms with van der Waals surface area (Å²) in [4.78, 5) is 23.5.